The topological polar surface area (TPSA) is 38.3 Å². The summed E-state index contributed by atoms with van der Waals surface area (Å²) in [5.74, 6) is 0.755. The molecule has 16 heavy (non-hydrogen) atoms. The second-order valence-electron chi connectivity index (χ2n) is 3.68. The van der Waals surface area contributed by atoms with Crippen LogP contribution in [-0.4, -0.2) is 11.5 Å². The highest BCUT2D eigenvalue weighted by Gasteiger charge is 2.12. The van der Waals surface area contributed by atoms with Crippen molar-refractivity contribution in [2.24, 2.45) is 5.92 Å². The van der Waals surface area contributed by atoms with Crippen LogP contribution >= 0.6 is 28.6 Å². The molecule has 0 radical (unpaired) electrons. The van der Waals surface area contributed by atoms with Crippen LogP contribution in [0.3, 0.4) is 0 Å². The summed E-state index contributed by atoms with van der Waals surface area (Å²) >= 11 is 7.53. The number of rotatable bonds is 3. The van der Waals surface area contributed by atoms with Crippen molar-refractivity contribution in [3.8, 4) is 5.75 Å². The summed E-state index contributed by atoms with van der Waals surface area (Å²) in [4.78, 5) is 11.4. The van der Waals surface area contributed by atoms with Crippen molar-refractivity contribution in [3.63, 3.8) is 0 Å². The van der Waals surface area contributed by atoms with E-state index in [2.05, 4.69) is 33.9 Å². The molecule has 0 aliphatic carbocycles. The first-order chi connectivity index (χ1) is 7.49. The van der Waals surface area contributed by atoms with Gasteiger partial charge < -0.3 is 10.1 Å². The van der Waals surface area contributed by atoms with Crippen LogP contribution in [0.15, 0.2) is 28.7 Å². The molecule has 5 heteroatoms. The van der Waals surface area contributed by atoms with Gasteiger partial charge in [0.05, 0.1) is 5.37 Å². The Balaban J connectivity index is 2.48. The van der Waals surface area contributed by atoms with E-state index in [-0.39, 0.29) is 11.3 Å². The Morgan fingerprint density at radius 1 is 1.38 bits per heavy atom. The molecular formula is C11H14BrNO2S. The third-order valence-corrected chi connectivity index (χ3v) is 3.18. The third kappa shape index (κ3) is 4.45. The lowest BCUT2D eigenvalue weighted by atomic mass is 10.2. The maximum atomic E-state index is 11.4. The predicted octanol–water partition coefficient (Wildman–Crippen LogP) is 3.45. The third-order valence-electron chi connectivity index (χ3n) is 1.92. The van der Waals surface area contributed by atoms with Crippen molar-refractivity contribution in [1.82, 2.24) is 5.32 Å². The van der Waals surface area contributed by atoms with Crippen molar-refractivity contribution in [2.75, 3.05) is 0 Å². The molecule has 3 nitrogen and oxygen atoms in total. The molecule has 88 valence electrons. The molecule has 1 aromatic rings. The number of ether oxygens (including phenoxy) is 1. The minimum Gasteiger partial charge on any atom is -0.410 e. The van der Waals surface area contributed by atoms with E-state index in [4.69, 9.17) is 4.74 Å². The van der Waals surface area contributed by atoms with Crippen LogP contribution in [0.1, 0.15) is 13.8 Å². The van der Waals surface area contributed by atoms with E-state index in [1.165, 1.54) is 0 Å². The fraction of sp³-hybridized carbons (Fsp3) is 0.364. The summed E-state index contributed by atoms with van der Waals surface area (Å²) in [6.07, 6.45) is -0.490. The highest BCUT2D eigenvalue weighted by molar-refractivity contribution is 9.10. The van der Waals surface area contributed by atoms with Crippen molar-refractivity contribution in [3.05, 3.63) is 28.7 Å². The quantitative estimate of drug-likeness (QED) is 0.663. The van der Waals surface area contributed by atoms with Gasteiger partial charge in [-0.1, -0.05) is 29.8 Å². The molecule has 0 fully saturated rings. The van der Waals surface area contributed by atoms with E-state index in [1.54, 1.807) is 12.1 Å². The summed E-state index contributed by atoms with van der Waals surface area (Å²) in [7, 11) is 0. The molecule has 0 aromatic heterocycles. The maximum absolute atomic E-state index is 11.4. The van der Waals surface area contributed by atoms with E-state index < -0.39 is 6.09 Å². The molecule has 1 amide bonds. The van der Waals surface area contributed by atoms with Crippen molar-refractivity contribution < 1.29 is 9.53 Å². The first-order valence-corrected chi connectivity index (χ1v) is 6.22. The van der Waals surface area contributed by atoms with E-state index in [1.807, 2.05) is 26.0 Å². The number of hydrogen-bond acceptors (Lipinski definition) is 3. The van der Waals surface area contributed by atoms with Gasteiger partial charge in [0, 0.05) is 4.47 Å². The van der Waals surface area contributed by atoms with Gasteiger partial charge in [0.25, 0.3) is 0 Å². The van der Waals surface area contributed by atoms with Crippen LogP contribution in [0.25, 0.3) is 0 Å². The summed E-state index contributed by atoms with van der Waals surface area (Å²) in [5.41, 5.74) is 0. The van der Waals surface area contributed by atoms with E-state index in [0.717, 1.165) is 4.47 Å². The van der Waals surface area contributed by atoms with Crippen LogP contribution in [0.5, 0.6) is 5.75 Å². The van der Waals surface area contributed by atoms with Gasteiger partial charge in [0.15, 0.2) is 0 Å². The van der Waals surface area contributed by atoms with Gasteiger partial charge in [-0.2, -0.15) is 12.6 Å². The molecule has 1 N–H and O–H groups in total. The molecule has 0 bridgehead atoms. The molecular weight excluding hydrogens is 290 g/mol. The van der Waals surface area contributed by atoms with Crippen molar-refractivity contribution >= 4 is 34.7 Å². The summed E-state index contributed by atoms with van der Waals surface area (Å²) in [6.45, 7) is 3.94. The molecule has 0 spiro atoms. The molecule has 1 rings (SSSR count). The Bertz CT molecular complexity index is 354. The Labute approximate surface area is 109 Å². The van der Waals surface area contributed by atoms with Crippen molar-refractivity contribution in [2.45, 2.75) is 19.2 Å². The number of hydrogen-bond donors (Lipinski definition) is 2. The zero-order chi connectivity index (χ0) is 12.1. The average Bonchev–Trinajstić information content (AvgIpc) is 2.21. The molecule has 0 heterocycles. The van der Waals surface area contributed by atoms with Gasteiger partial charge >= 0.3 is 6.09 Å². The van der Waals surface area contributed by atoms with Crippen LogP contribution < -0.4 is 10.1 Å². The fourth-order valence-corrected chi connectivity index (χ4v) is 1.30. The Hall–Kier alpha value is -0.680. The molecule has 0 saturated heterocycles. The number of carbonyl (C=O) groups excluding carboxylic acids is 1. The smallest absolute Gasteiger partial charge is 0.410 e. The predicted molar refractivity (Wildman–Crippen MR) is 70.9 cm³/mol. The largest absolute Gasteiger partial charge is 0.413 e. The van der Waals surface area contributed by atoms with Crippen LogP contribution in [0.2, 0.25) is 0 Å². The number of thiol groups is 1. The number of amides is 1. The Kier molecular flexibility index (Phi) is 5.15. The highest BCUT2D eigenvalue weighted by Crippen LogP contribution is 2.16. The van der Waals surface area contributed by atoms with Gasteiger partial charge in [-0.25, -0.2) is 4.79 Å². The molecule has 0 aliphatic rings. The second kappa shape index (κ2) is 6.15. The minimum absolute atomic E-state index is 0.206. The van der Waals surface area contributed by atoms with Crippen LogP contribution in [-0.2, 0) is 0 Å². The lowest BCUT2D eigenvalue weighted by molar-refractivity contribution is 0.197. The number of halogens is 1. The maximum Gasteiger partial charge on any atom is 0.413 e. The number of benzene rings is 1. The van der Waals surface area contributed by atoms with Gasteiger partial charge in [-0.15, -0.1) is 0 Å². The van der Waals surface area contributed by atoms with E-state index >= 15 is 0 Å². The lowest BCUT2D eigenvalue weighted by Gasteiger charge is -2.16. The standard InChI is InChI=1S/C11H14BrNO2S/c1-7(2)10(16)13-11(14)15-9-5-3-8(12)4-6-9/h3-7,10,16H,1-2H3,(H,13,14). The van der Waals surface area contributed by atoms with Gasteiger partial charge in [0.1, 0.15) is 5.75 Å². The normalized spacial score (nSPS) is 12.3. The van der Waals surface area contributed by atoms with E-state index in [9.17, 15) is 4.79 Å². The average molecular weight is 304 g/mol. The van der Waals surface area contributed by atoms with Crippen LogP contribution in [0.4, 0.5) is 4.79 Å². The Morgan fingerprint density at radius 2 is 1.94 bits per heavy atom. The second-order valence-corrected chi connectivity index (χ2v) is 5.15. The molecule has 0 aliphatic heterocycles. The van der Waals surface area contributed by atoms with E-state index in [0.29, 0.717) is 5.75 Å². The molecule has 1 aromatic carbocycles. The zero-order valence-electron chi connectivity index (χ0n) is 9.11. The minimum atomic E-state index is -0.490. The number of carbonyl (C=O) groups is 1. The monoisotopic (exact) mass is 303 g/mol. The Morgan fingerprint density at radius 3 is 2.44 bits per heavy atom. The SMILES string of the molecule is CC(C)C(S)NC(=O)Oc1ccc(Br)cc1. The lowest BCUT2D eigenvalue weighted by Crippen LogP contribution is -2.36. The first kappa shape index (κ1) is 13.4. The summed E-state index contributed by atoms with van der Waals surface area (Å²) in [6, 6.07) is 7.05. The molecule has 1 atom stereocenters. The van der Waals surface area contributed by atoms with Gasteiger partial charge in [-0.3, -0.25) is 0 Å². The molecule has 0 saturated carbocycles. The summed E-state index contributed by atoms with van der Waals surface area (Å²) in [5, 5.41) is 2.43. The highest BCUT2D eigenvalue weighted by atomic mass is 79.9. The number of nitrogens with one attached hydrogen (secondary N) is 1. The molecule has 1 unspecified atom stereocenters. The van der Waals surface area contributed by atoms with Gasteiger partial charge in [-0.05, 0) is 30.2 Å². The first-order valence-electron chi connectivity index (χ1n) is 4.91. The van der Waals surface area contributed by atoms with Crippen molar-refractivity contribution in [1.29, 1.82) is 0 Å². The van der Waals surface area contributed by atoms with Crippen LogP contribution in [0, 0.1) is 5.92 Å². The summed E-state index contributed by atoms with van der Waals surface area (Å²) < 4.78 is 6.01. The fourth-order valence-electron chi connectivity index (χ4n) is 0.927. The zero-order valence-corrected chi connectivity index (χ0v) is 11.6. The van der Waals surface area contributed by atoms with Gasteiger partial charge in [0.2, 0.25) is 0 Å².